The predicted molar refractivity (Wildman–Crippen MR) is 60.7 cm³/mol. The van der Waals surface area contributed by atoms with Gasteiger partial charge in [0.1, 0.15) is 0 Å². The third-order valence-electron chi connectivity index (χ3n) is 2.72. The normalized spacial score (nSPS) is 13.1. The van der Waals surface area contributed by atoms with E-state index in [1.54, 1.807) is 0 Å². The number of ether oxygens (including phenoxy) is 2. The van der Waals surface area contributed by atoms with Gasteiger partial charge in [-0.05, 0) is 5.92 Å². The van der Waals surface area contributed by atoms with E-state index in [1.165, 1.54) is 27.1 Å². The SMILES string of the molecule is CCCCC(CC)CC(=O)C(OC)OC. The number of hydrogen-bond acceptors (Lipinski definition) is 3. The van der Waals surface area contributed by atoms with Gasteiger partial charge in [0.05, 0.1) is 0 Å². The summed E-state index contributed by atoms with van der Waals surface area (Å²) in [7, 11) is 3.00. The standard InChI is InChI=1S/C12H24O3/c1-5-7-8-10(6-2)9-11(13)12(14-3)15-4/h10,12H,5-9H2,1-4H3. The molecular weight excluding hydrogens is 192 g/mol. The number of methoxy groups -OCH3 is 2. The molecule has 0 aromatic carbocycles. The molecule has 0 aromatic rings. The van der Waals surface area contributed by atoms with Crippen LogP contribution in [0.2, 0.25) is 0 Å². The van der Waals surface area contributed by atoms with Crippen molar-refractivity contribution in [2.75, 3.05) is 14.2 Å². The van der Waals surface area contributed by atoms with Crippen molar-refractivity contribution in [3.8, 4) is 0 Å². The van der Waals surface area contributed by atoms with Crippen molar-refractivity contribution in [3.05, 3.63) is 0 Å². The van der Waals surface area contributed by atoms with E-state index in [0.29, 0.717) is 12.3 Å². The molecule has 15 heavy (non-hydrogen) atoms. The molecule has 0 aliphatic carbocycles. The van der Waals surface area contributed by atoms with Crippen molar-refractivity contribution in [1.29, 1.82) is 0 Å². The Morgan fingerprint density at radius 1 is 1.20 bits per heavy atom. The molecule has 0 radical (unpaired) electrons. The van der Waals surface area contributed by atoms with Crippen LogP contribution in [0.25, 0.3) is 0 Å². The highest BCUT2D eigenvalue weighted by molar-refractivity contribution is 5.82. The largest absolute Gasteiger partial charge is 0.349 e. The molecule has 0 aliphatic heterocycles. The molecule has 90 valence electrons. The number of Topliss-reactive ketones (excluding diaryl/α,β-unsaturated/α-hetero) is 1. The van der Waals surface area contributed by atoms with Crippen LogP contribution in [-0.2, 0) is 14.3 Å². The summed E-state index contributed by atoms with van der Waals surface area (Å²) in [6.45, 7) is 4.30. The maximum absolute atomic E-state index is 11.7. The summed E-state index contributed by atoms with van der Waals surface area (Å²) in [4.78, 5) is 11.7. The summed E-state index contributed by atoms with van der Waals surface area (Å²) < 4.78 is 9.88. The molecule has 1 atom stereocenters. The molecule has 0 saturated heterocycles. The number of rotatable bonds is 9. The van der Waals surface area contributed by atoms with Crippen LogP contribution in [0, 0.1) is 5.92 Å². The fourth-order valence-electron chi connectivity index (χ4n) is 1.68. The Bertz CT molecular complexity index is 164. The van der Waals surface area contributed by atoms with E-state index in [4.69, 9.17) is 9.47 Å². The molecule has 3 heteroatoms. The van der Waals surface area contributed by atoms with E-state index in [0.717, 1.165) is 12.8 Å². The molecule has 0 amide bonds. The van der Waals surface area contributed by atoms with Gasteiger partial charge in [0.2, 0.25) is 6.29 Å². The number of unbranched alkanes of at least 4 members (excludes halogenated alkanes) is 1. The first-order chi connectivity index (χ1) is 7.19. The molecular formula is C12H24O3. The average Bonchev–Trinajstić information content (AvgIpc) is 2.25. The van der Waals surface area contributed by atoms with E-state index in [9.17, 15) is 4.79 Å². The first kappa shape index (κ1) is 14.6. The second-order valence-corrected chi connectivity index (χ2v) is 3.89. The highest BCUT2D eigenvalue weighted by Crippen LogP contribution is 2.18. The topological polar surface area (TPSA) is 35.5 Å². The van der Waals surface area contributed by atoms with Crippen molar-refractivity contribution in [3.63, 3.8) is 0 Å². The monoisotopic (exact) mass is 216 g/mol. The van der Waals surface area contributed by atoms with Crippen LogP contribution in [-0.4, -0.2) is 26.3 Å². The lowest BCUT2D eigenvalue weighted by Gasteiger charge is -2.17. The van der Waals surface area contributed by atoms with E-state index >= 15 is 0 Å². The molecule has 0 saturated carbocycles. The van der Waals surface area contributed by atoms with Crippen LogP contribution in [0.5, 0.6) is 0 Å². The zero-order chi connectivity index (χ0) is 11.7. The van der Waals surface area contributed by atoms with E-state index in [1.807, 2.05) is 0 Å². The molecule has 0 aromatic heterocycles. The third kappa shape index (κ3) is 5.90. The summed E-state index contributed by atoms with van der Waals surface area (Å²) in [5, 5.41) is 0. The van der Waals surface area contributed by atoms with Crippen molar-refractivity contribution in [2.24, 2.45) is 5.92 Å². The Morgan fingerprint density at radius 3 is 2.20 bits per heavy atom. The zero-order valence-corrected chi connectivity index (χ0v) is 10.4. The maximum Gasteiger partial charge on any atom is 0.217 e. The lowest BCUT2D eigenvalue weighted by molar-refractivity contribution is -0.157. The van der Waals surface area contributed by atoms with Gasteiger partial charge in [0, 0.05) is 20.6 Å². The smallest absolute Gasteiger partial charge is 0.217 e. The van der Waals surface area contributed by atoms with Crippen molar-refractivity contribution < 1.29 is 14.3 Å². The van der Waals surface area contributed by atoms with Gasteiger partial charge in [-0.15, -0.1) is 0 Å². The summed E-state index contributed by atoms with van der Waals surface area (Å²) >= 11 is 0. The van der Waals surface area contributed by atoms with Gasteiger partial charge in [0.15, 0.2) is 5.78 Å². The van der Waals surface area contributed by atoms with Gasteiger partial charge >= 0.3 is 0 Å². The Kier molecular flexibility index (Phi) is 8.62. The molecule has 0 N–H and O–H groups in total. The summed E-state index contributed by atoms with van der Waals surface area (Å²) in [6.07, 6.45) is 4.44. The van der Waals surface area contributed by atoms with Gasteiger partial charge in [-0.3, -0.25) is 4.79 Å². The van der Waals surface area contributed by atoms with E-state index in [-0.39, 0.29) is 5.78 Å². The highest BCUT2D eigenvalue weighted by atomic mass is 16.7. The number of carbonyl (C=O) groups is 1. The fourth-order valence-corrected chi connectivity index (χ4v) is 1.68. The second-order valence-electron chi connectivity index (χ2n) is 3.89. The van der Waals surface area contributed by atoms with E-state index < -0.39 is 6.29 Å². The van der Waals surface area contributed by atoms with Gasteiger partial charge in [-0.2, -0.15) is 0 Å². The Labute approximate surface area is 93.1 Å². The molecule has 0 rings (SSSR count). The first-order valence-corrected chi connectivity index (χ1v) is 5.77. The van der Waals surface area contributed by atoms with Gasteiger partial charge in [0.25, 0.3) is 0 Å². The Hall–Kier alpha value is -0.410. The van der Waals surface area contributed by atoms with Crippen LogP contribution in [0.3, 0.4) is 0 Å². The Balaban J connectivity index is 3.98. The van der Waals surface area contributed by atoms with E-state index in [2.05, 4.69) is 13.8 Å². The molecule has 0 heterocycles. The molecule has 1 unspecified atom stereocenters. The minimum absolute atomic E-state index is 0.0583. The Morgan fingerprint density at radius 2 is 1.80 bits per heavy atom. The van der Waals surface area contributed by atoms with Crippen LogP contribution >= 0.6 is 0 Å². The van der Waals surface area contributed by atoms with Crippen molar-refractivity contribution >= 4 is 5.78 Å². The lowest BCUT2D eigenvalue weighted by Crippen LogP contribution is -2.26. The minimum atomic E-state index is -0.680. The van der Waals surface area contributed by atoms with Gasteiger partial charge < -0.3 is 9.47 Å². The highest BCUT2D eigenvalue weighted by Gasteiger charge is 2.20. The molecule has 0 bridgehead atoms. The third-order valence-corrected chi connectivity index (χ3v) is 2.72. The fraction of sp³-hybridized carbons (Fsp3) is 0.917. The molecule has 0 fully saturated rings. The van der Waals surface area contributed by atoms with Gasteiger partial charge in [-0.25, -0.2) is 0 Å². The predicted octanol–water partition coefficient (Wildman–Crippen LogP) is 2.78. The average molecular weight is 216 g/mol. The summed E-state index contributed by atoms with van der Waals surface area (Å²) in [5.74, 6) is 0.535. The van der Waals surface area contributed by atoms with Crippen molar-refractivity contribution in [2.45, 2.75) is 52.2 Å². The van der Waals surface area contributed by atoms with Crippen LogP contribution in [0.15, 0.2) is 0 Å². The van der Waals surface area contributed by atoms with Crippen LogP contribution in [0.1, 0.15) is 46.0 Å². The quantitative estimate of drug-likeness (QED) is 0.556. The molecule has 0 aliphatic rings. The lowest BCUT2D eigenvalue weighted by atomic mass is 9.93. The number of carbonyl (C=O) groups excluding carboxylic acids is 1. The maximum atomic E-state index is 11.7. The number of ketones is 1. The van der Waals surface area contributed by atoms with Crippen LogP contribution < -0.4 is 0 Å². The molecule has 0 spiro atoms. The van der Waals surface area contributed by atoms with Crippen LogP contribution in [0.4, 0.5) is 0 Å². The number of hydrogen-bond donors (Lipinski definition) is 0. The zero-order valence-electron chi connectivity index (χ0n) is 10.4. The molecule has 3 nitrogen and oxygen atoms in total. The summed E-state index contributed by atoms with van der Waals surface area (Å²) in [6, 6.07) is 0. The second kappa shape index (κ2) is 8.86. The van der Waals surface area contributed by atoms with Crippen molar-refractivity contribution in [1.82, 2.24) is 0 Å². The summed E-state index contributed by atoms with van der Waals surface area (Å²) in [5.41, 5.74) is 0. The minimum Gasteiger partial charge on any atom is -0.349 e. The van der Waals surface area contributed by atoms with Gasteiger partial charge in [-0.1, -0.05) is 39.5 Å². The first-order valence-electron chi connectivity index (χ1n) is 5.77.